The van der Waals surface area contributed by atoms with Crippen LogP contribution in [0.15, 0.2) is 40.3 Å². The number of furan rings is 1. The lowest BCUT2D eigenvalue weighted by atomic mass is 9.93. The first kappa shape index (κ1) is 15.3. The minimum Gasteiger partial charge on any atom is -0.469 e. The molecule has 2 rings (SSSR count). The molecule has 2 nitrogen and oxygen atoms in total. The number of hydrogen-bond acceptors (Lipinski definition) is 2. The van der Waals surface area contributed by atoms with E-state index in [0.29, 0.717) is 5.92 Å². The van der Waals surface area contributed by atoms with Crippen molar-refractivity contribution in [2.75, 3.05) is 6.54 Å². The number of quaternary nitrogens is 1. The van der Waals surface area contributed by atoms with Crippen molar-refractivity contribution in [3.05, 3.63) is 46.5 Å². The smallest absolute Gasteiger partial charge is 0.111 e. The van der Waals surface area contributed by atoms with Gasteiger partial charge >= 0.3 is 0 Å². The fourth-order valence-corrected chi connectivity index (χ4v) is 3.18. The van der Waals surface area contributed by atoms with Crippen molar-refractivity contribution in [2.45, 2.75) is 45.6 Å². The summed E-state index contributed by atoms with van der Waals surface area (Å²) >= 11 is 1.84. The minimum atomic E-state index is 0.576. The fraction of sp³-hybridized carbons (Fsp3) is 0.529. The maximum Gasteiger partial charge on any atom is 0.111 e. The van der Waals surface area contributed by atoms with Crippen LogP contribution in [0, 0.1) is 5.92 Å². The predicted molar refractivity (Wildman–Crippen MR) is 85.0 cm³/mol. The van der Waals surface area contributed by atoms with Crippen molar-refractivity contribution in [2.24, 2.45) is 5.92 Å². The Morgan fingerprint density at radius 3 is 2.70 bits per heavy atom. The van der Waals surface area contributed by atoms with Gasteiger partial charge < -0.3 is 9.73 Å². The summed E-state index contributed by atoms with van der Waals surface area (Å²) in [4.78, 5) is 1.46. The molecular weight excluding hydrogens is 266 g/mol. The van der Waals surface area contributed by atoms with Crippen LogP contribution in [0.25, 0.3) is 0 Å². The first-order valence-corrected chi connectivity index (χ1v) is 8.51. The molecule has 2 aromatic rings. The molecule has 0 bridgehead atoms. The monoisotopic (exact) mass is 292 g/mol. The molecule has 0 unspecified atom stereocenters. The average Bonchev–Trinajstić information content (AvgIpc) is 3.10. The molecule has 2 N–H and O–H groups in total. The molecule has 110 valence electrons. The lowest BCUT2D eigenvalue weighted by molar-refractivity contribution is -0.670. The van der Waals surface area contributed by atoms with E-state index < -0.39 is 0 Å². The second-order valence-electron chi connectivity index (χ2n) is 5.83. The molecule has 2 aromatic heterocycles. The third-order valence-corrected chi connectivity index (χ3v) is 4.58. The lowest BCUT2D eigenvalue weighted by Crippen LogP contribution is -2.82. The second kappa shape index (κ2) is 8.28. The fourth-order valence-electron chi connectivity index (χ4n) is 2.48. The predicted octanol–water partition coefficient (Wildman–Crippen LogP) is 4.01. The zero-order chi connectivity index (χ0) is 14.2. The molecule has 2 heterocycles. The van der Waals surface area contributed by atoms with E-state index in [0.717, 1.165) is 18.2 Å². The van der Waals surface area contributed by atoms with Gasteiger partial charge in [0.05, 0.1) is 17.7 Å². The summed E-state index contributed by atoms with van der Waals surface area (Å²) in [5, 5.41) is 4.56. The first-order chi connectivity index (χ1) is 9.75. The van der Waals surface area contributed by atoms with E-state index in [-0.39, 0.29) is 0 Å². The Morgan fingerprint density at radius 2 is 2.05 bits per heavy atom. The summed E-state index contributed by atoms with van der Waals surface area (Å²) in [5.41, 5.74) is 0. The maximum atomic E-state index is 5.62. The van der Waals surface area contributed by atoms with Crippen LogP contribution in [-0.2, 0) is 6.54 Å². The first-order valence-electron chi connectivity index (χ1n) is 7.63. The highest BCUT2D eigenvalue weighted by molar-refractivity contribution is 7.09. The molecule has 3 heteroatoms. The van der Waals surface area contributed by atoms with Gasteiger partial charge in [0.2, 0.25) is 0 Å². The molecule has 0 fully saturated rings. The third-order valence-electron chi connectivity index (χ3n) is 3.68. The molecule has 0 amide bonds. The van der Waals surface area contributed by atoms with Crippen molar-refractivity contribution in [1.82, 2.24) is 0 Å². The standard InChI is InChI=1S/C17H25NOS/c1-14(2)7-8-15(17-6-3-11-19-17)9-10-18-13-16-5-4-12-20-16/h3-6,11-12,14-15,18H,7-10,13H2,1-2H3/p+1/t15-/m0/s1. The molecule has 0 saturated heterocycles. The van der Waals surface area contributed by atoms with E-state index in [1.165, 1.54) is 30.7 Å². The Balaban J connectivity index is 1.75. The average molecular weight is 292 g/mol. The van der Waals surface area contributed by atoms with Crippen LogP contribution in [-0.4, -0.2) is 6.54 Å². The van der Waals surface area contributed by atoms with Crippen molar-refractivity contribution in [3.8, 4) is 0 Å². The van der Waals surface area contributed by atoms with Crippen molar-refractivity contribution in [3.63, 3.8) is 0 Å². The molecule has 0 aromatic carbocycles. The van der Waals surface area contributed by atoms with Gasteiger partial charge in [0.25, 0.3) is 0 Å². The molecule has 0 aliphatic heterocycles. The summed E-state index contributed by atoms with van der Waals surface area (Å²) in [6.07, 6.45) is 5.51. The highest BCUT2D eigenvalue weighted by Gasteiger charge is 2.15. The maximum absolute atomic E-state index is 5.62. The van der Waals surface area contributed by atoms with Gasteiger partial charge in [-0.3, -0.25) is 0 Å². The van der Waals surface area contributed by atoms with Gasteiger partial charge in [-0.1, -0.05) is 26.3 Å². The Kier molecular flexibility index (Phi) is 6.34. The van der Waals surface area contributed by atoms with Crippen LogP contribution in [0.2, 0.25) is 0 Å². The molecular formula is C17H26NOS+. The summed E-state index contributed by atoms with van der Waals surface area (Å²) < 4.78 is 5.62. The second-order valence-corrected chi connectivity index (χ2v) is 6.87. The minimum absolute atomic E-state index is 0.576. The summed E-state index contributed by atoms with van der Waals surface area (Å²) in [5.74, 6) is 2.50. The van der Waals surface area contributed by atoms with E-state index in [9.17, 15) is 0 Å². The Bertz CT molecular complexity index is 447. The van der Waals surface area contributed by atoms with Gasteiger partial charge in [-0.2, -0.15) is 0 Å². The number of thiophene rings is 1. The topological polar surface area (TPSA) is 29.8 Å². The zero-order valence-electron chi connectivity index (χ0n) is 12.5. The van der Waals surface area contributed by atoms with Crippen LogP contribution in [0.3, 0.4) is 0 Å². The zero-order valence-corrected chi connectivity index (χ0v) is 13.4. The number of hydrogen-bond donors (Lipinski definition) is 1. The summed E-state index contributed by atoms with van der Waals surface area (Å²) in [7, 11) is 0. The van der Waals surface area contributed by atoms with Gasteiger partial charge in [-0.05, 0) is 35.9 Å². The molecule has 20 heavy (non-hydrogen) atoms. The van der Waals surface area contributed by atoms with Gasteiger partial charge in [0, 0.05) is 12.3 Å². The molecule has 0 spiro atoms. The van der Waals surface area contributed by atoms with Crippen LogP contribution in [0.4, 0.5) is 0 Å². The number of rotatable bonds is 9. The molecule has 1 atom stereocenters. The lowest BCUT2D eigenvalue weighted by Gasteiger charge is -2.15. The third kappa shape index (κ3) is 5.14. The quantitative estimate of drug-likeness (QED) is 0.695. The van der Waals surface area contributed by atoms with E-state index in [4.69, 9.17) is 4.42 Å². The number of nitrogens with two attached hydrogens (primary N) is 1. The molecule has 0 radical (unpaired) electrons. The molecule has 0 saturated carbocycles. The molecule has 0 aliphatic carbocycles. The Labute approximate surface area is 126 Å². The van der Waals surface area contributed by atoms with Gasteiger partial charge in [0.1, 0.15) is 12.3 Å². The van der Waals surface area contributed by atoms with Crippen LogP contribution in [0.1, 0.15) is 49.7 Å². The normalized spacial score (nSPS) is 12.9. The highest BCUT2D eigenvalue weighted by atomic mass is 32.1. The van der Waals surface area contributed by atoms with E-state index in [1.54, 1.807) is 6.26 Å². The van der Waals surface area contributed by atoms with E-state index >= 15 is 0 Å². The van der Waals surface area contributed by atoms with E-state index in [1.807, 2.05) is 17.4 Å². The highest BCUT2D eigenvalue weighted by Crippen LogP contribution is 2.26. The Morgan fingerprint density at radius 1 is 1.15 bits per heavy atom. The van der Waals surface area contributed by atoms with Crippen LogP contribution in [0.5, 0.6) is 0 Å². The van der Waals surface area contributed by atoms with Crippen molar-refractivity contribution < 1.29 is 9.73 Å². The van der Waals surface area contributed by atoms with Crippen LogP contribution < -0.4 is 5.32 Å². The summed E-state index contributed by atoms with van der Waals surface area (Å²) in [6, 6.07) is 8.48. The van der Waals surface area contributed by atoms with Crippen molar-refractivity contribution in [1.29, 1.82) is 0 Å². The molecule has 0 aliphatic rings. The largest absolute Gasteiger partial charge is 0.469 e. The van der Waals surface area contributed by atoms with Gasteiger partial charge in [-0.25, -0.2) is 0 Å². The van der Waals surface area contributed by atoms with Crippen LogP contribution >= 0.6 is 11.3 Å². The van der Waals surface area contributed by atoms with E-state index in [2.05, 4.69) is 42.7 Å². The SMILES string of the molecule is CC(C)CC[C@@H](CC[NH2+]Cc1cccs1)c1ccco1. The Hall–Kier alpha value is -1.06. The summed E-state index contributed by atoms with van der Waals surface area (Å²) in [6.45, 7) is 6.86. The van der Waals surface area contributed by atoms with Gasteiger partial charge in [0.15, 0.2) is 0 Å². The van der Waals surface area contributed by atoms with Crippen molar-refractivity contribution >= 4 is 11.3 Å². The van der Waals surface area contributed by atoms with Gasteiger partial charge in [-0.15, -0.1) is 11.3 Å².